The Labute approximate surface area is 115 Å². The molecule has 0 saturated heterocycles. The second-order valence-corrected chi connectivity index (χ2v) is 4.58. The van der Waals surface area contributed by atoms with E-state index in [0.717, 1.165) is 12.8 Å². The van der Waals surface area contributed by atoms with Gasteiger partial charge in [0, 0.05) is 26.9 Å². The van der Waals surface area contributed by atoms with E-state index in [4.69, 9.17) is 19.9 Å². The monoisotopic (exact) mass is 277 g/mol. The fourth-order valence-corrected chi connectivity index (χ4v) is 1.49. The van der Waals surface area contributed by atoms with Crippen LogP contribution in [0.2, 0.25) is 0 Å². The first-order chi connectivity index (χ1) is 9.04. The number of nitrogens with two attached hydrogens (primary N) is 1. The number of methoxy groups -OCH3 is 2. The zero-order valence-electron chi connectivity index (χ0n) is 12.3. The van der Waals surface area contributed by atoms with Crippen molar-refractivity contribution in [2.75, 3.05) is 47.3 Å². The molecule has 0 rings (SSSR count). The Kier molecular flexibility index (Phi) is 10.8. The van der Waals surface area contributed by atoms with Crippen molar-refractivity contribution in [3.8, 4) is 0 Å². The lowest BCUT2D eigenvalue weighted by molar-refractivity contribution is -0.146. The van der Waals surface area contributed by atoms with E-state index >= 15 is 0 Å². The van der Waals surface area contributed by atoms with Crippen LogP contribution in [0.15, 0.2) is 0 Å². The van der Waals surface area contributed by atoms with Crippen LogP contribution >= 0.6 is 0 Å². The topological polar surface area (TPSA) is 80.0 Å². The molecule has 1 atom stereocenters. The molecule has 0 saturated carbocycles. The zero-order chi connectivity index (χ0) is 14.6. The van der Waals surface area contributed by atoms with Crippen LogP contribution in [0.1, 0.15) is 26.2 Å². The average molecular weight is 277 g/mol. The van der Waals surface area contributed by atoms with Crippen LogP contribution in [0.4, 0.5) is 0 Å². The first-order valence-electron chi connectivity index (χ1n) is 6.56. The van der Waals surface area contributed by atoms with Crippen LogP contribution in [0.5, 0.6) is 0 Å². The Morgan fingerprint density at radius 3 is 2.16 bits per heavy atom. The Morgan fingerprint density at radius 1 is 1.00 bits per heavy atom. The third-order valence-electron chi connectivity index (χ3n) is 2.65. The summed E-state index contributed by atoms with van der Waals surface area (Å²) in [4.78, 5) is 11.3. The summed E-state index contributed by atoms with van der Waals surface area (Å²) in [5.41, 5.74) is 4.89. The lowest BCUT2D eigenvalue weighted by Gasteiger charge is -2.20. The number of hydrogen-bond acceptors (Lipinski definition) is 6. The number of rotatable bonds is 12. The first kappa shape index (κ1) is 18.3. The van der Waals surface area contributed by atoms with Gasteiger partial charge in [0.05, 0.1) is 20.3 Å². The van der Waals surface area contributed by atoms with E-state index in [9.17, 15) is 4.79 Å². The predicted molar refractivity (Wildman–Crippen MR) is 72.0 cm³/mol. The Balaban J connectivity index is 3.33. The summed E-state index contributed by atoms with van der Waals surface area (Å²) in [6.45, 7) is 4.79. The molecule has 0 spiro atoms. The van der Waals surface area contributed by atoms with Gasteiger partial charge in [-0.1, -0.05) is 0 Å². The molecule has 6 nitrogen and oxygen atoms in total. The minimum absolute atomic E-state index is 0.390. The molecule has 0 aromatic carbocycles. The molecular formula is C13H27NO5. The van der Waals surface area contributed by atoms with Gasteiger partial charge in [-0.3, -0.25) is 4.79 Å². The molecule has 0 aliphatic rings. The highest BCUT2D eigenvalue weighted by Gasteiger charge is 2.28. The van der Waals surface area contributed by atoms with Gasteiger partial charge in [0.1, 0.15) is 5.54 Å². The summed E-state index contributed by atoms with van der Waals surface area (Å²) >= 11 is 0. The number of hydrogen-bond donors (Lipinski definition) is 1. The van der Waals surface area contributed by atoms with Crippen LogP contribution in [-0.2, 0) is 23.7 Å². The fraction of sp³-hybridized carbons (Fsp3) is 0.923. The SMILES string of the molecule is COCCOCCCOCCCC(C)(N)C(=O)OC. The highest BCUT2D eigenvalue weighted by atomic mass is 16.5. The van der Waals surface area contributed by atoms with E-state index in [-0.39, 0.29) is 5.97 Å². The number of carbonyl (C=O) groups is 1. The van der Waals surface area contributed by atoms with E-state index in [0.29, 0.717) is 39.5 Å². The van der Waals surface area contributed by atoms with Crippen molar-refractivity contribution in [3.05, 3.63) is 0 Å². The lowest BCUT2D eigenvalue weighted by atomic mass is 9.98. The number of ether oxygens (including phenoxy) is 4. The van der Waals surface area contributed by atoms with Gasteiger partial charge in [-0.2, -0.15) is 0 Å². The van der Waals surface area contributed by atoms with E-state index in [1.54, 1.807) is 14.0 Å². The predicted octanol–water partition coefficient (Wildman–Crippen LogP) is 0.727. The molecule has 0 aliphatic carbocycles. The molecule has 6 heteroatoms. The highest BCUT2D eigenvalue weighted by Crippen LogP contribution is 2.10. The molecule has 19 heavy (non-hydrogen) atoms. The summed E-state index contributed by atoms with van der Waals surface area (Å²) in [5.74, 6) is -0.390. The Hall–Kier alpha value is -0.690. The Morgan fingerprint density at radius 2 is 1.58 bits per heavy atom. The Bertz CT molecular complexity index is 233. The minimum Gasteiger partial charge on any atom is -0.468 e. The van der Waals surface area contributed by atoms with Crippen molar-refractivity contribution in [3.63, 3.8) is 0 Å². The lowest BCUT2D eigenvalue weighted by Crippen LogP contribution is -2.45. The molecule has 0 bridgehead atoms. The van der Waals surface area contributed by atoms with Crippen LogP contribution in [0.25, 0.3) is 0 Å². The molecular weight excluding hydrogens is 250 g/mol. The summed E-state index contributed by atoms with van der Waals surface area (Å²) in [5, 5.41) is 0. The summed E-state index contributed by atoms with van der Waals surface area (Å²) in [6, 6.07) is 0. The third-order valence-corrected chi connectivity index (χ3v) is 2.65. The third kappa shape index (κ3) is 9.84. The summed E-state index contributed by atoms with van der Waals surface area (Å²) in [7, 11) is 2.99. The minimum atomic E-state index is -0.929. The van der Waals surface area contributed by atoms with Gasteiger partial charge in [0.25, 0.3) is 0 Å². The molecule has 0 aromatic rings. The van der Waals surface area contributed by atoms with E-state index in [2.05, 4.69) is 4.74 Å². The maximum absolute atomic E-state index is 11.3. The molecule has 0 aromatic heterocycles. The maximum atomic E-state index is 11.3. The van der Waals surface area contributed by atoms with Crippen molar-refractivity contribution in [2.24, 2.45) is 5.73 Å². The van der Waals surface area contributed by atoms with Crippen molar-refractivity contribution >= 4 is 5.97 Å². The number of carbonyl (C=O) groups excluding carboxylic acids is 1. The average Bonchev–Trinajstić information content (AvgIpc) is 2.39. The van der Waals surface area contributed by atoms with Crippen LogP contribution in [-0.4, -0.2) is 58.8 Å². The second-order valence-electron chi connectivity index (χ2n) is 4.58. The second kappa shape index (κ2) is 11.2. The van der Waals surface area contributed by atoms with Gasteiger partial charge >= 0.3 is 5.97 Å². The largest absolute Gasteiger partial charge is 0.468 e. The van der Waals surface area contributed by atoms with Crippen molar-refractivity contribution < 1.29 is 23.7 Å². The smallest absolute Gasteiger partial charge is 0.325 e. The highest BCUT2D eigenvalue weighted by molar-refractivity contribution is 5.79. The molecule has 2 N–H and O–H groups in total. The van der Waals surface area contributed by atoms with Crippen LogP contribution < -0.4 is 5.73 Å². The standard InChI is InChI=1S/C13H27NO5/c1-13(14,12(15)17-3)6-4-7-18-8-5-9-19-11-10-16-2/h4-11,14H2,1-3H3. The van der Waals surface area contributed by atoms with Gasteiger partial charge in [-0.15, -0.1) is 0 Å². The van der Waals surface area contributed by atoms with Crippen molar-refractivity contribution in [1.29, 1.82) is 0 Å². The van der Waals surface area contributed by atoms with Gasteiger partial charge in [-0.05, 0) is 26.2 Å². The zero-order valence-corrected chi connectivity index (χ0v) is 12.3. The normalized spacial score (nSPS) is 14.1. The van der Waals surface area contributed by atoms with Crippen LogP contribution in [0.3, 0.4) is 0 Å². The molecule has 0 fully saturated rings. The van der Waals surface area contributed by atoms with E-state index in [1.165, 1.54) is 7.11 Å². The molecule has 0 heterocycles. The molecule has 0 aliphatic heterocycles. The van der Waals surface area contributed by atoms with Crippen molar-refractivity contribution in [2.45, 2.75) is 31.7 Å². The van der Waals surface area contributed by atoms with Gasteiger partial charge < -0.3 is 24.7 Å². The summed E-state index contributed by atoms with van der Waals surface area (Å²) in [6.07, 6.45) is 2.12. The van der Waals surface area contributed by atoms with Crippen LogP contribution in [0, 0.1) is 0 Å². The van der Waals surface area contributed by atoms with Gasteiger partial charge in [-0.25, -0.2) is 0 Å². The number of esters is 1. The van der Waals surface area contributed by atoms with Crippen molar-refractivity contribution in [1.82, 2.24) is 0 Å². The molecule has 114 valence electrons. The molecule has 1 unspecified atom stereocenters. The van der Waals surface area contributed by atoms with Gasteiger partial charge in [0.15, 0.2) is 0 Å². The van der Waals surface area contributed by atoms with E-state index < -0.39 is 5.54 Å². The first-order valence-corrected chi connectivity index (χ1v) is 6.56. The van der Waals surface area contributed by atoms with Gasteiger partial charge in [0.2, 0.25) is 0 Å². The van der Waals surface area contributed by atoms with E-state index in [1.807, 2.05) is 0 Å². The maximum Gasteiger partial charge on any atom is 0.325 e. The fourth-order valence-electron chi connectivity index (χ4n) is 1.49. The molecule has 0 radical (unpaired) electrons. The quantitative estimate of drug-likeness (QED) is 0.418. The summed E-state index contributed by atoms with van der Waals surface area (Å²) < 4.78 is 20.2. The molecule has 0 amide bonds.